The average molecular weight is 254 g/mol. The molecule has 98 valence electrons. The van der Waals surface area contributed by atoms with E-state index >= 15 is 0 Å². The number of hydrogen-bond acceptors (Lipinski definition) is 3. The van der Waals surface area contributed by atoms with Gasteiger partial charge in [-0.2, -0.15) is 11.3 Å². The molecule has 0 unspecified atom stereocenters. The van der Waals surface area contributed by atoms with Crippen molar-refractivity contribution in [2.75, 3.05) is 26.2 Å². The van der Waals surface area contributed by atoms with Gasteiger partial charge in [0.05, 0.1) is 0 Å². The molecule has 1 aromatic heterocycles. The Morgan fingerprint density at radius 2 is 2.12 bits per heavy atom. The molecule has 0 spiro atoms. The Balaban J connectivity index is 2.06. The van der Waals surface area contributed by atoms with E-state index in [1.165, 1.54) is 18.5 Å². The zero-order valence-electron chi connectivity index (χ0n) is 11.4. The van der Waals surface area contributed by atoms with Crippen LogP contribution in [0.1, 0.15) is 32.8 Å². The van der Waals surface area contributed by atoms with Crippen LogP contribution < -0.4 is 5.32 Å². The summed E-state index contributed by atoms with van der Waals surface area (Å²) in [4.78, 5) is 2.54. The van der Waals surface area contributed by atoms with Crippen molar-refractivity contribution in [3.05, 3.63) is 22.4 Å². The highest BCUT2D eigenvalue weighted by Crippen LogP contribution is 2.05. The maximum absolute atomic E-state index is 3.53. The van der Waals surface area contributed by atoms with E-state index in [1.807, 2.05) is 0 Å². The van der Waals surface area contributed by atoms with E-state index in [1.54, 1.807) is 11.3 Å². The smallest absolute Gasteiger partial charge is 0.0110 e. The molecule has 0 bridgehead atoms. The summed E-state index contributed by atoms with van der Waals surface area (Å²) in [6.07, 6.45) is 2.39. The molecule has 17 heavy (non-hydrogen) atoms. The molecular weight excluding hydrogens is 228 g/mol. The van der Waals surface area contributed by atoms with Crippen LogP contribution >= 0.6 is 11.3 Å². The van der Waals surface area contributed by atoms with Gasteiger partial charge in [0.15, 0.2) is 0 Å². The molecule has 0 fully saturated rings. The molecular formula is C14H26N2S. The molecule has 0 aliphatic rings. The highest BCUT2D eigenvalue weighted by Gasteiger charge is 2.06. The van der Waals surface area contributed by atoms with Crippen LogP contribution in [0.3, 0.4) is 0 Å². The number of thiophene rings is 1. The van der Waals surface area contributed by atoms with Gasteiger partial charge in [-0.15, -0.1) is 0 Å². The number of rotatable bonds is 9. The van der Waals surface area contributed by atoms with Gasteiger partial charge >= 0.3 is 0 Å². The summed E-state index contributed by atoms with van der Waals surface area (Å²) in [6, 6.07) is 2.87. The van der Waals surface area contributed by atoms with E-state index in [0.717, 1.165) is 26.1 Å². The summed E-state index contributed by atoms with van der Waals surface area (Å²) in [5.74, 6) is 0. The molecule has 0 saturated heterocycles. The predicted octanol–water partition coefficient (Wildman–Crippen LogP) is 3.00. The minimum atomic E-state index is 0.661. The zero-order chi connectivity index (χ0) is 12.5. The van der Waals surface area contributed by atoms with Gasteiger partial charge in [0.2, 0.25) is 0 Å². The van der Waals surface area contributed by atoms with E-state index in [4.69, 9.17) is 0 Å². The lowest BCUT2D eigenvalue weighted by Crippen LogP contribution is -2.37. The summed E-state index contributed by atoms with van der Waals surface area (Å²) in [5, 5.41) is 7.92. The molecule has 1 rings (SSSR count). The molecule has 0 radical (unpaired) electrons. The van der Waals surface area contributed by atoms with Gasteiger partial charge in [0, 0.05) is 19.1 Å². The molecule has 1 heterocycles. The molecule has 0 aliphatic heterocycles. The van der Waals surface area contributed by atoms with Gasteiger partial charge in [0.25, 0.3) is 0 Å². The van der Waals surface area contributed by atoms with Crippen LogP contribution in [0.2, 0.25) is 0 Å². The molecule has 0 aromatic carbocycles. The fourth-order valence-corrected chi connectivity index (χ4v) is 2.63. The second-order valence-corrected chi connectivity index (χ2v) is 5.54. The van der Waals surface area contributed by atoms with Gasteiger partial charge in [-0.05, 0) is 62.2 Å². The predicted molar refractivity (Wildman–Crippen MR) is 77.9 cm³/mol. The van der Waals surface area contributed by atoms with Crippen molar-refractivity contribution in [3.8, 4) is 0 Å². The third-order valence-electron chi connectivity index (χ3n) is 2.99. The zero-order valence-corrected chi connectivity index (χ0v) is 12.2. The van der Waals surface area contributed by atoms with Gasteiger partial charge in [-0.3, -0.25) is 4.90 Å². The van der Waals surface area contributed by atoms with Crippen LogP contribution in [-0.4, -0.2) is 37.1 Å². The Morgan fingerprint density at radius 1 is 1.29 bits per heavy atom. The molecule has 2 nitrogen and oxygen atoms in total. The number of nitrogens with zero attached hydrogens (tertiary/aromatic N) is 1. The first-order valence-corrected chi connectivity index (χ1v) is 7.64. The maximum Gasteiger partial charge on any atom is 0.0110 e. The Bertz CT molecular complexity index is 270. The molecule has 0 atom stereocenters. The first-order chi connectivity index (χ1) is 8.24. The topological polar surface area (TPSA) is 15.3 Å². The quantitative estimate of drug-likeness (QED) is 0.682. The molecule has 0 aliphatic carbocycles. The molecule has 3 heteroatoms. The van der Waals surface area contributed by atoms with Crippen molar-refractivity contribution >= 4 is 11.3 Å². The van der Waals surface area contributed by atoms with Crippen LogP contribution in [0, 0.1) is 0 Å². The standard InChI is InChI=1S/C14H26N2S/c1-4-9-16(13(2)3)10-8-15-7-5-14-6-11-17-12-14/h6,11-13,15H,4-5,7-10H2,1-3H3. The molecule has 0 amide bonds. The number of hydrogen-bond donors (Lipinski definition) is 1. The summed E-state index contributed by atoms with van der Waals surface area (Å²) in [5.41, 5.74) is 1.46. The average Bonchev–Trinajstić information content (AvgIpc) is 2.80. The monoisotopic (exact) mass is 254 g/mol. The Hall–Kier alpha value is -0.380. The van der Waals surface area contributed by atoms with Crippen LogP contribution in [0.4, 0.5) is 0 Å². The second-order valence-electron chi connectivity index (χ2n) is 4.76. The normalized spacial score (nSPS) is 11.6. The van der Waals surface area contributed by atoms with Gasteiger partial charge in [-0.25, -0.2) is 0 Å². The lowest BCUT2D eigenvalue weighted by molar-refractivity contribution is 0.222. The largest absolute Gasteiger partial charge is 0.315 e. The van der Waals surface area contributed by atoms with E-state index < -0.39 is 0 Å². The van der Waals surface area contributed by atoms with E-state index in [0.29, 0.717) is 6.04 Å². The summed E-state index contributed by atoms with van der Waals surface area (Å²) in [7, 11) is 0. The highest BCUT2D eigenvalue weighted by atomic mass is 32.1. The Kier molecular flexibility index (Phi) is 7.49. The van der Waals surface area contributed by atoms with E-state index in [2.05, 4.69) is 47.8 Å². The van der Waals surface area contributed by atoms with Crippen molar-refractivity contribution in [1.29, 1.82) is 0 Å². The van der Waals surface area contributed by atoms with Gasteiger partial charge in [0.1, 0.15) is 0 Å². The second kappa shape index (κ2) is 8.67. The van der Waals surface area contributed by atoms with Gasteiger partial charge < -0.3 is 5.32 Å². The van der Waals surface area contributed by atoms with Crippen molar-refractivity contribution in [3.63, 3.8) is 0 Å². The first-order valence-electron chi connectivity index (χ1n) is 6.70. The Labute approximate surface area is 110 Å². The Morgan fingerprint density at radius 3 is 2.71 bits per heavy atom. The summed E-state index contributed by atoms with van der Waals surface area (Å²) < 4.78 is 0. The molecule has 1 N–H and O–H groups in total. The molecule has 0 saturated carbocycles. The molecule has 1 aromatic rings. The van der Waals surface area contributed by atoms with E-state index in [9.17, 15) is 0 Å². The van der Waals surface area contributed by atoms with Crippen LogP contribution in [0.25, 0.3) is 0 Å². The van der Waals surface area contributed by atoms with Crippen LogP contribution in [-0.2, 0) is 6.42 Å². The van der Waals surface area contributed by atoms with Crippen molar-refractivity contribution < 1.29 is 0 Å². The third kappa shape index (κ3) is 6.20. The number of nitrogens with one attached hydrogen (secondary N) is 1. The highest BCUT2D eigenvalue weighted by molar-refractivity contribution is 7.07. The van der Waals surface area contributed by atoms with Gasteiger partial charge in [-0.1, -0.05) is 6.92 Å². The first kappa shape index (κ1) is 14.7. The van der Waals surface area contributed by atoms with Crippen molar-refractivity contribution in [1.82, 2.24) is 10.2 Å². The minimum absolute atomic E-state index is 0.661. The van der Waals surface area contributed by atoms with E-state index in [-0.39, 0.29) is 0 Å². The minimum Gasteiger partial charge on any atom is -0.315 e. The van der Waals surface area contributed by atoms with Crippen molar-refractivity contribution in [2.24, 2.45) is 0 Å². The fraction of sp³-hybridized carbons (Fsp3) is 0.714. The summed E-state index contributed by atoms with van der Waals surface area (Å²) in [6.45, 7) is 11.4. The van der Waals surface area contributed by atoms with Crippen LogP contribution in [0.5, 0.6) is 0 Å². The van der Waals surface area contributed by atoms with Crippen LogP contribution in [0.15, 0.2) is 16.8 Å². The van der Waals surface area contributed by atoms with Crippen molar-refractivity contribution in [2.45, 2.75) is 39.7 Å². The summed E-state index contributed by atoms with van der Waals surface area (Å²) >= 11 is 1.78. The lowest BCUT2D eigenvalue weighted by atomic mass is 10.2. The maximum atomic E-state index is 3.53. The fourth-order valence-electron chi connectivity index (χ4n) is 1.93. The third-order valence-corrected chi connectivity index (χ3v) is 3.72. The lowest BCUT2D eigenvalue weighted by Gasteiger charge is -2.25. The SMILES string of the molecule is CCCN(CCNCCc1ccsc1)C(C)C.